The number of hydrogen-bond donors (Lipinski definition) is 3. The molecule has 0 aliphatic rings. The predicted molar refractivity (Wildman–Crippen MR) is 76.7 cm³/mol. The van der Waals surface area contributed by atoms with Crippen LogP contribution in [0.3, 0.4) is 0 Å². The minimum atomic E-state index is -0.424. The average molecular weight is 268 g/mol. The molecule has 0 amide bonds. The molecule has 0 aliphatic heterocycles. The minimum absolute atomic E-state index is 0.193. The molecule has 0 radical (unpaired) electrons. The molecule has 0 aromatic carbocycles. The summed E-state index contributed by atoms with van der Waals surface area (Å²) in [5.74, 6) is 2.03. The number of aliphatic hydroxyl groups excluding tert-OH is 1. The molecule has 108 valence electrons. The summed E-state index contributed by atoms with van der Waals surface area (Å²) >= 11 is 0. The first-order valence-corrected chi connectivity index (χ1v) is 6.64. The smallest absolute Gasteiger partial charge is 0.204 e. The second-order valence-electron chi connectivity index (χ2n) is 4.72. The fourth-order valence-corrected chi connectivity index (χ4v) is 1.50. The molecule has 1 aromatic rings. The third-order valence-corrected chi connectivity index (χ3v) is 2.80. The van der Waals surface area contributed by atoms with E-state index in [2.05, 4.69) is 27.5 Å². The molecule has 0 spiro atoms. The number of aromatic nitrogens is 2. The van der Waals surface area contributed by atoms with Crippen molar-refractivity contribution in [3.8, 4) is 5.75 Å². The zero-order valence-corrected chi connectivity index (χ0v) is 12.1. The van der Waals surface area contributed by atoms with Crippen molar-refractivity contribution in [2.45, 2.75) is 33.3 Å². The van der Waals surface area contributed by atoms with Gasteiger partial charge < -0.3 is 20.5 Å². The van der Waals surface area contributed by atoms with Crippen molar-refractivity contribution in [2.75, 3.05) is 30.8 Å². The monoisotopic (exact) mass is 268 g/mol. The van der Waals surface area contributed by atoms with Gasteiger partial charge in [-0.05, 0) is 12.3 Å². The van der Waals surface area contributed by atoms with E-state index in [1.165, 1.54) is 6.33 Å². The molecule has 0 aliphatic carbocycles. The van der Waals surface area contributed by atoms with E-state index in [1.807, 2.05) is 13.8 Å². The Morgan fingerprint density at radius 1 is 1.26 bits per heavy atom. The first-order valence-electron chi connectivity index (χ1n) is 6.64. The minimum Gasteiger partial charge on any atom is -0.490 e. The van der Waals surface area contributed by atoms with Crippen LogP contribution in [0.25, 0.3) is 0 Å². The molecule has 1 atom stereocenters. The van der Waals surface area contributed by atoms with Crippen LogP contribution < -0.4 is 15.4 Å². The number of anilines is 2. The van der Waals surface area contributed by atoms with Crippen LogP contribution in [0.4, 0.5) is 11.6 Å². The average Bonchev–Trinajstić information content (AvgIpc) is 2.41. The summed E-state index contributed by atoms with van der Waals surface area (Å²) in [5, 5.41) is 16.1. The molecule has 6 nitrogen and oxygen atoms in total. The summed E-state index contributed by atoms with van der Waals surface area (Å²) in [6, 6.07) is 0. The highest BCUT2D eigenvalue weighted by atomic mass is 16.5. The standard InChI is InChI=1S/C13H24N4O2/c1-5-6-14-12-11(19-4)13(17-8-16-12)15-7-10(18)9(2)3/h8-10,18H,5-7H2,1-4H3,(H2,14,15,16,17). The number of methoxy groups -OCH3 is 1. The van der Waals surface area contributed by atoms with E-state index in [0.29, 0.717) is 23.9 Å². The van der Waals surface area contributed by atoms with Crippen LogP contribution in [0.1, 0.15) is 27.2 Å². The first-order chi connectivity index (χ1) is 9.10. The van der Waals surface area contributed by atoms with Gasteiger partial charge in [0.2, 0.25) is 5.75 Å². The van der Waals surface area contributed by atoms with Gasteiger partial charge in [0, 0.05) is 13.1 Å². The van der Waals surface area contributed by atoms with Gasteiger partial charge in [0.15, 0.2) is 11.6 Å². The number of hydrogen-bond acceptors (Lipinski definition) is 6. The van der Waals surface area contributed by atoms with Gasteiger partial charge in [-0.3, -0.25) is 0 Å². The van der Waals surface area contributed by atoms with E-state index >= 15 is 0 Å². The topological polar surface area (TPSA) is 79.3 Å². The summed E-state index contributed by atoms with van der Waals surface area (Å²) in [4.78, 5) is 8.31. The quantitative estimate of drug-likeness (QED) is 0.666. The molecule has 0 fully saturated rings. The zero-order valence-electron chi connectivity index (χ0n) is 12.1. The van der Waals surface area contributed by atoms with Crippen molar-refractivity contribution in [1.82, 2.24) is 9.97 Å². The number of aliphatic hydroxyl groups is 1. The SMILES string of the molecule is CCCNc1ncnc(NCC(O)C(C)C)c1OC. The lowest BCUT2D eigenvalue weighted by atomic mass is 10.1. The van der Waals surface area contributed by atoms with Crippen molar-refractivity contribution in [1.29, 1.82) is 0 Å². The van der Waals surface area contributed by atoms with E-state index in [0.717, 1.165) is 13.0 Å². The van der Waals surface area contributed by atoms with Gasteiger partial charge in [0.1, 0.15) is 6.33 Å². The Hall–Kier alpha value is -1.56. The summed E-state index contributed by atoms with van der Waals surface area (Å²) in [6.07, 6.45) is 2.05. The Bertz CT molecular complexity index is 385. The van der Waals surface area contributed by atoms with Crippen LogP contribution in [-0.4, -0.2) is 41.4 Å². The van der Waals surface area contributed by atoms with Gasteiger partial charge in [0.05, 0.1) is 13.2 Å². The maximum Gasteiger partial charge on any atom is 0.204 e. The van der Waals surface area contributed by atoms with Gasteiger partial charge in [-0.2, -0.15) is 0 Å². The van der Waals surface area contributed by atoms with E-state index in [9.17, 15) is 5.11 Å². The first kappa shape index (κ1) is 15.5. The van der Waals surface area contributed by atoms with Gasteiger partial charge in [-0.25, -0.2) is 9.97 Å². The Morgan fingerprint density at radius 3 is 2.42 bits per heavy atom. The van der Waals surface area contributed by atoms with E-state index in [-0.39, 0.29) is 5.92 Å². The third-order valence-electron chi connectivity index (χ3n) is 2.80. The van der Waals surface area contributed by atoms with Gasteiger partial charge >= 0.3 is 0 Å². The van der Waals surface area contributed by atoms with Crippen molar-refractivity contribution in [2.24, 2.45) is 5.92 Å². The molecule has 19 heavy (non-hydrogen) atoms. The highest BCUT2D eigenvalue weighted by Gasteiger charge is 2.14. The van der Waals surface area contributed by atoms with Crippen LogP contribution in [0.5, 0.6) is 5.75 Å². The fourth-order valence-electron chi connectivity index (χ4n) is 1.50. The van der Waals surface area contributed by atoms with Crippen molar-refractivity contribution in [3.63, 3.8) is 0 Å². The number of nitrogens with one attached hydrogen (secondary N) is 2. The molecule has 1 heterocycles. The predicted octanol–water partition coefficient (Wildman–Crippen LogP) is 1.74. The Kier molecular flexibility index (Phi) is 6.35. The maximum atomic E-state index is 9.80. The van der Waals surface area contributed by atoms with Crippen LogP contribution in [0, 0.1) is 5.92 Å². The highest BCUT2D eigenvalue weighted by Crippen LogP contribution is 2.28. The Morgan fingerprint density at radius 2 is 1.89 bits per heavy atom. The number of rotatable bonds is 8. The van der Waals surface area contributed by atoms with Crippen LogP contribution in [-0.2, 0) is 0 Å². The summed E-state index contributed by atoms with van der Waals surface area (Å²) in [7, 11) is 1.58. The number of nitrogens with zero attached hydrogens (tertiary/aromatic N) is 2. The van der Waals surface area contributed by atoms with Crippen molar-refractivity contribution < 1.29 is 9.84 Å². The largest absolute Gasteiger partial charge is 0.490 e. The molecule has 1 rings (SSSR count). The molecular formula is C13H24N4O2. The highest BCUT2D eigenvalue weighted by molar-refractivity contribution is 5.63. The molecule has 1 unspecified atom stereocenters. The van der Waals surface area contributed by atoms with E-state index in [4.69, 9.17) is 4.74 Å². The summed E-state index contributed by atoms with van der Waals surface area (Å²) < 4.78 is 5.33. The lowest BCUT2D eigenvalue weighted by Gasteiger charge is -2.17. The van der Waals surface area contributed by atoms with E-state index in [1.54, 1.807) is 7.11 Å². The molecular weight excluding hydrogens is 244 g/mol. The number of ether oxygens (including phenoxy) is 1. The second kappa shape index (κ2) is 7.78. The normalized spacial score (nSPS) is 12.3. The fraction of sp³-hybridized carbons (Fsp3) is 0.692. The van der Waals surface area contributed by atoms with Crippen LogP contribution in [0.15, 0.2) is 6.33 Å². The maximum absolute atomic E-state index is 9.80. The molecule has 0 saturated heterocycles. The Balaban J connectivity index is 2.76. The molecule has 3 N–H and O–H groups in total. The second-order valence-corrected chi connectivity index (χ2v) is 4.72. The Labute approximate surface area is 114 Å². The third kappa shape index (κ3) is 4.55. The van der Waals surface area contributed by atoms with E-state index < -0.39 is 6.10 Å². The lowest BCUT2D eigenvalue weighted by molar-refractivity contribution is 0.137. The van der Waals surface area contributed by atoms with Crippen LogP contribution in [0.2, 0.25) is 0 Å². The molecule has 0 bridgehead atoms. The molecule has 0 saturated carbocycles. The molecule has 1 aromatic heterocycles. The summed E-state index contributed by atoms with van der Waals surface area (Å²) in [6.45, 7) is 7.27. The van der Waals surface area contributed by atoms with Gasteiger partial charge in [-0.1, -0.05) is 20.8 Å². The zero-order chi connectivity index (χ0) is 14.3. The van der Waals surface area contributed by atoms with Gasteiger partial charge in [0.25, 0.3) is 0 Å². The summed E-state index contributed by atoms with van der Waals surface area (Å²) in [5.41, 5.74) is 0. The van der Waals surface area contributed by atoms with Crippen LogP contribution >= 0.6 is 0 Å². The van der Waals surface area contributed by atoms with Gasteiger partial charge in [-0.15, -0.1) is 0 Å². The molecule has 6 heteroatoms. The van der Waals surface area contributed by atoms with Crippen molar-refractivity contribution >= 4 is 11.6 Å². The van der Waals surface area contributed by atoms with Crippen molar-refractivity contribution in [3.05, 3.63) is 6.33 Å². The lowest BCUT2D eigenvalue weighted by Crippen LogP contribution is -2.25.